The fourth-order valence-corrected chi connectivity index (χ4v) is 5.80. The Hall–Kier alpha value is -0.920. The average molecular weight is 298 g/mol. The Balaban J connectivity index is 1.98. The minimum absolute atomic E-state index is 0.140. The molecule has 6 nitrogen and oxygen atoms in total. The molecule has 2 unspecified atom stereocenters. The van der Waals surface area contributed by atoms with Crippen LogP contribution in [0.5, 0.6) is 0 Å². The molecule has 0 aromatic carbocycles. The van der Waals surface area contributed by atoms with Crippen LogP contribution in [0.1, 0.15) is 43.5 Å². The highest BCUT2D eigenvalue weighted by molar-refractivity contribution is 7.89. The highest BCUT2D eigenvalue weighted by Gasteiger charge is 2.43. The van der Waals surface area contributed by atoms with E-state index in [9.17, 15) is 8.42 Å². The van der Waals surface area contributed by atoms with Crippen LogP contribution in [-0.2, 0) is 16.6 Å². The normalized spacial score (nSPS) is 27.7. The number of H-pyrrole nitrogens is 1. The Labute approximate surface area is 119 Å². The van der Waals surface area contributed by atoms with E-state index in [1.54, 1.807) is 11.2 Å². The second-order valence-electron chi connectivity index (χ2n) is 5.84. The first kappa shape index (κ1) is 14.0. The average Bonchev–Trinajstić information content (AvgIpc) is 3.02. The molecule has 1 aliphatic heterocycles. The van der Waals surface area contributed by atoms with Crippen LogP contribution in [0.4, 0.5) is 0 Å². The van der Waals surface area contributed by atoms with Gasteiger partial charge in [-0.3, -0.25) is 5.10 Å². The van der Waals surface area contributed by atoms with Gasteiger partial charge in [0.1, 0.15) is 4.90 Å². The second-order valence-corrected chi connectivity index (χ2v) is 7.67. The van der Waals surface area contributed by atoms with Crippen LogP contribution in [0.3, 0.4) is 0 Å². The first-order valence-electron chi connectivity index (χ1n) is 7.31. The van der Waals surface area contributed by atoms with Crippen molar-refractivity contribution in [2.24, 2.45) is 11.7 Å². The fraction of sp³-hybridized carbons (Fsp3) is 0.769. The molecule has 0 radical (unpaired) electrons. The van der Waals surface area contributed by atoms with E-state index in [0.717, 1.165) is 25.7 Å². The molecule has 112 valence electrons. The van der Waals surface area contributed by atoms with Crippen molar-refractivity contribution < 1.29 is 8.42 Å². The van der Waals surface area contributed by atoms with Crippen molar-refractivity contribution in [2.75, 3.05) is 6.54 Å². The van der Waals surface area contributed by atoms with E-state index in [0.29, 0.717) is 28.7 Å². The molecular weight excluding hydrogens is 276 g/mol. The number of aromatic nitrogens is 2. The molecule has 3 N–H and O–H groups in total. The molecule has 2 aliphatic rings. The van der Waals surface area contributed by atoms with E-state index in [-0.39, 0.29) is 12.6 Å². The topological polar surface area (TPSA) is 92.1 Å². The number of aryl methyl sites for hydroxylation is 1. The van der Waals surface area contributed by atoms with Gasteiger partial charge in [-0.25, -0.2) is 8.42 Å². The van der Waals surface area contributed by atoms with Crippen LogP contribution < -0.4 is 5.73 Å². The Morgan fingerprint density at radius 1 is 1.35 bits per heavy atom. The smallest absolute Gasteiger partial charge is 0.247 e. The first-order valence-corrected chi connectivity index (χ1v) is 8.75. The quantitative estimate of drug-likeness (QED) is 0.875. The SMILES string of the molecule is Cc1[nH]nc(CN)c1S(=O)(=O)N1CCC2CCCCC21. The molecule has 2 heterocycles. The lowest BCUT2D eigenvalue weighted by Crippen LogP contribution is -2.39. The summed E-state index contributed by atoms with van der Waals surface area (Å²) in [6.45, 7) is 2.51. The molecule has 0 spiro atoms. The zero-order chi connectivity index (χ0) is 14.3. The van der Waals surface area contributed by atoms with Crippen LogP contribution in [0.25, 0.3) is 0 Å². The first-order chi connectivity index (χ1) is 9.55. The van der Waals surface area contributed by atoms with Crippen molar-refractivity contribution in [1.82, 2.24) is 14.5 Å². The maximum absolute atomic E-state index is 13.0. The van der Waals surface area contributed by atoms with Gasteiger partial charge in [-0.2, -0.15) is 9.40 Å². The van der Waals surface area contributed by atoms with E-state index in [1.807, 2.05) is 0 Å². The lowest BCUT2D eigenvalue weighted by Gasteiger charge is -2.31. The zero-order valence-electron chi connectivity index (χ0n) is 11.8. The van der Waals surface area contributed by atoms with Crippen LogP contribution in [-0.4, -0.2) is 35.5 Å². The molecule has 2 atom stereocenters. The van der Waals surface area contributed by atoms with Gasteiger partial charge in [0.25, 0.3) is 0 Å². The van der Waals surface area contributed by atoms with Crippen molar-refractivity contribution in [1.29, 1.82) is 0 Å². The van der Waals surface area contributed by atoms with Crippen LogP contribution in [0, 0.1) is 12.8 Å². The Morgan fingerprint density at radius 3 is 2.85 bits per heavy atom. The second kappa shape index (κ2) is 5.13. The van der Waals surface area contributed by atoms with Gasteiger partial charge in [-0.1, -0.05) is 12.8 Å². The van der Waals surface area contributed by atoms with Gasteiger partial charge in [-0.05, 0) is 32.1 Å². The maximum atomic E-state index is 13.0. The summed E-state index contributed by atoms with van der Waals surface area (Å²) >= 11 is 0. The predicted molar refractivity (Wildman–Crippen MR) is 75.5 cm³/mol. The van der Waals surface area contributed by atoms with Crippen molar-refractivity contribution in [3.8, 4) is 0 Å². The minimum Gasteiger partial charge on any atom is -0.325 e. The molecule has 0 amide bonds. The van der Waals surface area contributed by atoms with Crippen molar-refractivity contribution >= 4 is 10.0 Å². The summed E-state index contributed by atoms with van der Waals surface area (Å²) in [6.07, 6.45) is 5.48. The number of nitrogens with two attached hydrogens (primary N) is 1. The van der Waals surface area contributed by atoms with Gasteiger partial charge in [0.15, 0.2) is 0 Å². The van der Waals surface area contributed by atoms with E-state index in [4.69, 9.17) is 5.73 Å². The number of rotatable bonds is 3. The fourth-order valence-electron chi connectivity index (χ4n) is 3.73. The lowest BCUT2D eigenvalue weighted by atomic mass is 9.86. The van der Waals surface area contributed by atoms with Gasteiger partial charge in [0.05, 0.1) is 11.4 Å². The molecular formula is C13H22N4O2S. The Bertz CT molecular complexity index is 596. The Morgan fingerprint density at radius 2 is 2.10 bits per heavy atom. The predicted octanol–water partition coefficient (Wildman–Crippen LogP) is 1.13. The molecule has 7 heteroatoms. The van der Waals surface area contributed by atoms with Gasteiger partial charge >= 0.3 is 0 Å². The molecule has 3 rings (SSSR count). The lowest BCUT2D eigenvalue weighted by molar-refractivity contribution is 0.260. The minimum atomic E-state index is -3.48. The number of aromatic amines is 1. The van der Waals surface area contributed by atoms with Crippen LogP contribution in [0.15, 0.2) is 4.90 Å². The van der Waals surface area contributed by atoms with Gasteiger partial charge in [0.2, 0.25) is 10.0 Å². The van der Waals surface area contributed by atoms with Crippen LogP contribution >= 0.6 is 0 Å². The molecule has 2 fully saturated rings. The van der Waals surface area contributed by atoms with Crippen molar-refractivity contribution in [3.05, 3.63) is 11.4 Å². The van der Waals surface area contributed by atoms with E-state index in [1.165, 1.54) is 6.42 Å². The standard InChI is InChI=1S/C13H22N4O2S/c1-9-13(11(8-14)16-15-9)20(18,19)17-7-6-10-4-2-3-5-12(10)17/h10,12H,2-8,14H2,1H3,(H,15,16). The summed E-state index contributed by atoms with van der Waals surface area (Å²) in [5.41, 5.74) is 6.66. The third kappa shape index (κ3) is 2.08. The van der Waals surface area contributed by atoms with Crippen molar-refractivity contribution in [3.63, 3.8) is 0 Å². The summed E-state index contributed by atoms with van der Waals surface area (Å²) < 4.78 is 27.6. The molecule has 0 bridgehead atoms. The maximum Gasteiger partial charge on any atom is 0.247 e. The Kier molecular flexibility index (Phi) is 3.60. The summed E-state index contributed by atoms with van der Waals surface area (Å²) in [5.74, 6) is 0.534. The number of nitrogens with zero attached hydrogens (tertiary/aromatic N) is 2. The summed E-state index contributed by atoms with van der Waals surface area (Å²) in [4.78, 5) is 0.297. The van der Waals surface area contributed by atoms with E-state index in [2.05, 4.69) is 10.2 Å². The molecule has 1 aromatic rings. The molecule has 1 saturated heterocycles. The van der Waals surface area contributed by atoms with Crippen molar-refractivity contribution in [2.45, 2.75) is 56.5 Å². The van der Waals surface area contributed by atoms with Gasteiger partial charge < -0.3 is 5.73 Å². The number of hydrogen-bond donors (Lipinski definition) is 2. The van der Waals surface area contributed by atoms with E-state index >= 15 is 0 Å². The van der Waals surface area contributed by atoms with Gasteiger partial charge in [0, 0.05) is 19.1 Å². The molecule has 1 aromatic heterocycles. The summed E-state index contributed by atoms with van der Waals surface area (Å²) in [7, 11) is -3.48. The summed E-state index contributed by atoms with van der Waals surface area (Å²) in [5, 5.41) is 6.77. The molecule has 1 saturated carbocycles. The number of nitrogens with one attached hydrogen (secondary N) is 1. The highest BCUT2D eigenvalue weighted by Crippen LogP contribution is 2.39. The number of fused-ring (bicyclic) bond motifs is 1. The molecule has 1 aliphatic carbocycles. The van der Waals surface area contributed by atoms with Gasteiger partial charge in [-0.15, -0.1) is 0 Å². The third-order valence-electron chi connectivity index (χ3n) is 4.68. The monoisotopic (exact) mass is 298 g/mol. The number of hydrogen-bond acceptors (Lipinski definition) is 4. The highest BCUT2D eigenvalue weighted by atomic mass is 32.2. The third-order valence-corrected chi connectivity index (χ3v) is 6.81. The largest absolute Gasteiger partial charge is 0.325 e. The number of sulfonamides is 1. The van der Waals surface area contributed by atoms with Crippen LogP contribution in [0.2, 0.25) is 0 Å². The zero-order valence-corrected chi connectivity index (χ0v) is 12.6. The summed E-state index contributed by atoms with van der Waals surface area (Å²) in [6, 6.07) is 0.175. The molecule has 20 heavy (non-hydrogen) atoms. The van der Waals surface area contributed by atoms with E-state index < -0.39 is 10.0 Å².